The Labute approximate surface area is 180 Å². The Morgan fingerprint density at radius 3 is 2.47 bits per heavy atom. The zero-order valence-electron chi connectivity index (χ0n) is 18.6. The molecule has 1 fully saturated rings. The number of nitrogens with one attached hydrogen (secondary N) is 2. The normalized spacial score (nSPS) is 16.1. The minimum Gasteiger partial charge on any atom is -0.493 e. The summed E-state index contributed by atoms with van der Waals surface area (Å²) in [5.41, 5.74) is 3.37. The molecule has 1 aromatic carbocycles. The van der Waals surface area contributed by atoms with Crippen LogP contribution in [0.25, 0.3) is 0 Å². The summed E-state index contributed by atoms with van der Waals surface area (Å²) in [5.74, 6) is 2.35. The average molecular weight is 411 g/mol. The number of aliphatic imine (C=N–C) groups is 1. The second-order valence-corrected chi connectivity index (χ2v) is 7.96. The van der Waals surface area contributed by atoms with E-state index in [9.17, 15) is 0 Å². The fourth-order valence-corrected chi connectivity index (χ4v) is 4.31. The molecule has 0 amide bonds. The zero-order chi connectivity index (χ0) is 21.4. The predicted octanol–water partition coefficient (Wildman–Crippen LogP) is 3.97. The lowest BCUT2D eigenvalue weighted by Gasteiger charge is -2.38. The first-order valence-corrected chi connectivity index (χ1v) is 10.7. The van der Waals surface area contributed by atoms with Crippen LogP contribution in [0.4, 0.5) is 0 Å². The minimum absolute atomic E-state index is 0.0526. The van der Waals surface area contributed by atoms with Crippen LogP contribution < -0.4 is 20.1 Å². The SMILES string of the molecule is CN=C(NCc1cccc(C)n1)NCC1(c2ccc(OC)c(OC)c2)CCCCC1. The van der Waals surface area contributed by atoms with Gasteiger partial charge in [0.2, 0.25) is 0 Å². The topological polar surface area (TPSA) is 67.8 Å². The number of ether oxygens (including phenoxy) is 2. The molecule has 6 heteroatoms. The molecule has 0 atom stereocenters. The van der Waals surface area contributed by atoms with Crippen LogP contribution in [0.15, 0.2) is 41.4 Å². The monoisotopic (exact) mass is 410 g/mol. The van der Waals surface area contributed by atoms with Gasteiger partial charge in [0.15, 0.2) is 17.5 Å². The molecule has 2 N–H and O–H groups in total. The van der Waals surface area contributed by atoms with Crippen molar-refractivity contribution < 1.29 is 9.47 Å². The average Bonchev–Trinajstić information content (AvgIpc) is 2.79. The standard InChI is InChI=1S/C24H34N4O2/c1-18-9-8-10-20(28-18)16-26-23(25-2)27-17-24(13-6-5-7-14-24)19-11-12-21(29-3)22(15-19)30-4/h8-12,15H,5-7,13-14,16-17H2,1-4H3,(H2,25,26,27). The van der Waals surface area contributed by atoms with Gasteiger partial charge in [-0.05, 0) is 49.6 Å². The fourth-order valence-electron chi connectivity index (χ4n) is 4.31. The van der Waals surface area contributed by atoms with E-state index in [1.807, 2.05) is 38.2 Å². The van der Waals surface area contributed by atoms with Crippen molar-refractivity contribution in [3.05, 3.63) is 53.3 Å². The largest absolute Gasteiger partial charge is 0.493 e. The van der Waals surface area contributed by atoms with E-state index in [0.29, 0.717) is 6.54 Å². The van der Waals surface area contributed by atoms with Gasteiger partial charge in [0.1, 0.15) is 0 Å². The molecule has 0 bridgehead atoms. The van der Waals surface area contributed by atoms with Crippen LogP contribution in [0.5, 0.6) is 11.5 Å². The van der Waals surface area contributed by atoms with Gasteiger partial charge in [-0.2, -0.15) is 0 Å². The smallest absolute Gasteiger partial charge is 0.191 e. The molecule has 0 radical (unpaired) electrons. The molecule has 1 aliphatic rings. The Kier molecular flexibility index (Phi) is 7.55. The van der Waals surface area contributed by atoms with Gasteiger partial charge in [-0.15, -0.1) is 0 Å². The summed E-state index contributed by atoms with van der Waals surface area (Å²) in [5, 5.41) is 6.96. The third-order valence-electron chi connectivity index (χ3n) is 6.01. The number of benzene rings is 1. The Morgan fingerprint density at radius 1 is 1.03 bits per heavy atom. The molecule has 0 saturated heterocycles. The summed E-state index contributed by atoms with van der Waals surface area (Å²) in [6.07, 6.45) is 6.05. The lowest BCUT2D eigenvalue weighted by Crippen LogP contribution is -2.46. The molecule has 0 aliphatic heterocycles. The van der Waals surface area contributed by atoms with Crippen LogP contribution in [0.1, 0.15) is 49.1 Å². The summed E-state index contributed by atoms with van der Waals surface area (Å²) >= 11 is 0. The molecule has 0 spiro atoms. The number of rotatable bonds is 7. The highest BCUT2D eigenvalue weighted by atomic mass is 16.5. The van der Waals surface area contributed by atoms with Crippen LogP contribution in [0.2, 0.25) is 0 Å². The van der Waals surface area contributed by atoms with Crippen LogP contribution in [0, 0.1) is 6.92 Å². The maximum atomic E-state index is 5.57. The van der Waals surface area contributed by atoms with E-state index in [2.05, 4.69) is 32.7 Å². The Hall–Kier alpha value is -2.76. The van der Waals surface area contributed by atoms with Crippen molar-refractivity contribution in [2.45, 2.75) is 51.0 Å². The molecule has 2 aromatic rings. The quantitative estimate of drug-likeness (QED) is 0.534. The Bertz CT molecular complexity index is 860. The number of methoxy groups -OCH3 is 2. The molecule has 3 rings (SSSR count). The molecule has 1 heterocycles. The van der Waals surface area contributed by atoms with Gasteiger partial charge in [0.05, 0.1) is 26.5 Å². The molecule has 1 aliphatic carbocycles. The van der Waals surface area contributed by atoms with E-state index < -0.39 is 0 Å². The van der Waals surface area contributed by atoms with Gasteiger partial charge in [-0.1, -0.05) is 31.4 Å². The van der Waals surface area contributed by atoms with Crippen LogP contribution in [-0.4, -0.2) is 38.8 Å². The van der Waals surface area contributed by atoms with E-state index in [0.717, 1.165) is 48.2 Å². The number of guanidine groups is 1. The highest BCUT2D eigenvalue weighted by Crippen LogP contribution is 2.42. The molecular weight excluding hydrogens is 376 g/mol. The minimum atomic E-state index is 0.0526. The zero-order valence-corrected chi connectivity index (χ0v) is 18.6. The summed E-state index contributed by atoms with van der Waals surface area (Å²) in [4.78, 5) is 8.97. The van der Waals surface area contributed by atoms with Crippen LogP contribution in [-0.2, 0) is 12.0 Å². The molecule has 6 nitrogen and oxygen atoms in total. The van der Waals surface area contributed by atoms with E-state index in [1.165, 1.54) is 24.8 Å². The number of aryl methyl sites for hydroxylation is 1. The third-order valence-corrected chi connectivity index (χ3v) is 6.01. The summed E-state index contributed by atoms with van der Waals surface area (Å²) in [6, 6.07) is 12.4. The molecular formula is C24H34N4O2. The first-order valence-electron chi connectivity index (χ1n) is 10.7. The van der Waals surface area contributed by atoms with E-state index in [4.69, 9.17) is 9.47 Å². The molecule has 1 aromatic heterocycles. The predicted molar refractivity (Wildman–Crippen MR) is 121 cm³/mol. The first-order chi connectivity index (χ1) is 14.6. The lowest BCUT2D eigenvalue weighted by atomic mass is 9.69. The van der Waals surface area contributed by atoms with Gasteiger partial charge in [-0.25, -0.2) is 0 Å². The van der Waals surface area contributed by atoms with Crippen molar-refractivity contribution in [3.63, 3.8) is 0 Å². The second-order valence-electron chi connectivity index (χ2n) is 7.96. The maximum absolute atomic E-state index is 5.57. The number of pyridine rings is 1. The van der Waals surface area contributed by atoms with Gasteiger partial charge in [0, 0.05) is 24.7 Å². The summed E-state index contributed by atoms with van der Waals surface area (Å²) < 4.78 is 11.0. The molecule has 1 saturated carbocycles. The lowest BCUT2D eigenvalue weighted by molar-refractivity contribution is 0.288. The van der Waals surface area contributed by atoms with Crippen molar-refractivity contribution in [1.82, 2.24) is 15.6 Å². The van der Waals surface area contributed by atoms with Gasteiger partial charge in [-0.3, -0.25) is 9.98 Å². The highest BCUT2D eigenvalue weighted by molar-refractivity contribution is 5.79. The van der Waals surface area contributed by atoms with E-state index in [-0.39, 0.29) is 5.41 Å². The number of hydrogen-bond donors (Lipinski definition) is 2. The van der Waals surface area contributed by atoms with E-state index >= 15 is 0 Å². The first kappa shape index (κ1) is 21.9. The Balaban J connectivity index is 1.72. The van der Waals surface area contributed by atoms with E-state index in [1.54, 1.807) is 14.2 Å². The summed E-state index contributed by atoms with van der Waals surface area (Å²) in [7, 11) is 5.18. The number of hydrogen-bond acceptors (Lipinski definition) is 4. The van der Waals surface area contributed by atoms with Crippen LogP contribution >= 0.6 is 0 Å². The molecule has 30 heavy (non-hydrogen) atoms. The summed E-state index contributed by atoms with van der Waals surface area (Å²) in [6.45, 7) is 3.47. The van der Waals surface area contributed by atoms with Crippen molar-refractivity contribution >= 4 is 5.96 Å². The fraction of sp³-hybridized carbons (Fsp3) is 0.500. The van der Waals surface area contributed by atoms with Gasteiger partial charge >= 0.3 is 0 Å². The highest BCUT2D eigenvalue weighted by Gasteiger charge is 2.34. The van der Waals surface area contributed by atoms with Crippen molar-refractivity contribution in [3.8, 4) is 11.5 Å². The number of nitrogens with zero attached hydrogens (tertiary/aromatic N) is 2. The third kappa shape index (κ3) is 5.23. The van der Waals surface area contributed by atoms with Gasteiger partial charge in [0.25, 0.3) is 0 Å². The molecule has 0 unspecified atom stereocenters. The van der Waals surface area contributed by atoms with Crippen molar-refractivity contribution in [1.29, 1.82) is 0 Å². The maximum Gasteiger partial charge on any atom is 0.191 e. The van der Waals surface area contributed by atoms with Gasteiger partial charge < -0.3 is 20.1 Å². The number of aromatic nitrogens is 1. The second kappa shape index (κ2) is 10.3. The van der Waals surface area contributed by atoms with Crippen molar-refractivity contribution in [2.75, 3.05) is 27.8 Å². The molecule has 162 valence electrons. The Morgan fingerprint density at radius 2 is 1.80 bits per heavy atom. The van der Waals surface area contributed by atoms with Crippen molar-refractivity contribution in [2.24, 2.45) is 4.99 Å². The van der Waals surface area contributed by atoms with Crippen LogP contribution in [0.3, 0.4) is 0 Å².